The molecule has 0 radical (unpaired) electrons. The van der Waals surface area contributed by atoms with Gasteiger partial charge in [-0.1, -0.05) is 24.3 Å². The quantitative estimate of drug-likeness (QED) is 0.749. The number of amides is 1. The molecule has 1 amide bonds. The van der Waals surface area contributed by atoms with Crippen LogP contribution in [0.5, 0.6) is 0 Å². The predicted octanol–water partition coefficient (Wildman–Crippen LogP) is 4.57. The Kier molecular flexibility index (Phi) is 6.18. The Balaban J connectivity index is 1.44. The number of ether oxygens (including phenoxy) is 1. The third-order valence-electron chi connectivity index (χ3n) is 4.57. The molecule has 3 rings (SSSR count). The number of halogens is 1. The molecule has 4 heteroatoms. The molecule has 0 aliphatic carbocycles. The molecule has 0 saturated carbocycles. The molecule has 1 aliphatic rings. The van der Waals surface area contributed by atoms with E-state index in [-0.39, 0.29) is 11.7 Å². The molecule has 132 valence electrons. The SMILES string of the molecule is O=C(NCCCC[C@H]1CCCO1)c1ccc(-c2cccc(F)c2)cc1. The van der Waals surface area contributed by atoms with Crippen LogP contribution in [-0.2, 0) is 4.74 Å². The summed E-state index contributed by atoms with van der Waals surface area (Å²) in [5.74, 6) is -0.328. The van der Waals surface area contributed by atoms with E-state index in [4.69, 9.17) is 4.74 Å². The lowest BCUT2D eigenvalue weighted by atomic mass is 10.0. The van der Waals surface area contributed by atoms with Gasteiger partial charge in [0.2, 0.25) is 0 Å². The largest absolute Gasteiger partial charge is 0.378 e. The van der Waals surface area contributed by atoms with E-state index in [2.05, 4.69) is 5.32 Å². The van der Waals surface area contributed by atoms with Gasteiger partial charge in [-0.3, -0.25) is 4.79 Å². The van der Waals surface area contributed by atoms with Crippen molar-refractivity contribution in [1.29, 1.82) is 0 Å². The molecule has 0 bridgehead atoms. The van der Waals surface area contributed by atoms with Gasteiger partial charge in [-0.15, -0.1) is 0 Å². The minimum Gasteiger partial charge on any atom is -0.378 e. The van der Waals surface area contributed by atoms with Gasteiger partial charge in [0.15, 0.2) is 0 Å². The van der Waals surface area contributed by atoms with Crippen LogP contribution in [0.15, 0.2) is 48.5 Å². The second kappa shape index (κ2) is 8.77. The fourth-order valence-electron chi connectivity index (χ4n) is 3.16. The number of carbonyl (C=O) groups is 1. The maximum absolute atomic E-state index is 13.3. The second-order valence-electron chi connectivity index (χ2n) is 6.47. The highest BCUT2D eigenvalue weighted by molar-refractivity contribution is 5.94. The topological polar surface area (TPSA) is 38.3 Å². The lowest BCUT2D eigenvalue weighted by Crippen LogP contribution is -2.24. The van der Waals surface area contributed by atoms with Gasteiger partial charge >= 0.3 is 0 Å². The minimum atomic E-state index is -0.262. The molecule has 1 N–H and O–H groups in total. The van der Waals surface area contributed by atoms with E-state index in [1.54, 1.807) is 18.2 Å². The lowest BCUT2D eigenvalue weighted by molar-refractivity contribution is 0.0947. The van der Waals surface area contributed by atoms with Crippen LogP contribution in [0.4, 0.5) is 4.39 Å². The van der Waals surface area contributed by atoms with E-state index in [0.29, 0.717) is 18.2 Å². The van der Waals surface area contributed by atoms with Crippen molar-refractivity contribution in [2.45, 2.75) is 38.2 Å². The van der Waals surface area contributed by atoms with Crippen LogP contribution in [0, 0.1) is 5.82 Å². The van der Waals surface area contributed by atoms with E-state index < -0.39 is 0 Å². The van der Waals surface area contributed by atoms with Crippen LogP contribution < -0.4 is 5.32 Å². The Morgan fingerprint density at radius 3 is 2.68 bits per heavy atom. The van der Waals surface area contributed by atoms with Gasteiger partial charge in [0.05, 0.1) is 6.10 Å². The van der Waals surface area contributed by atoms with Gasteiger partial charge in [-0.25, -0.2) is 4.39 Å². The molecule has 25 heavy (non-hydrogen) atoms. The van der Waals surface area contributed by atoms with Gasteiger partial charge in [0.25, 0.3) is 5.91 Å². The van der Waals surface area contributed by atoms with Crippen LogP contribution in [0.1, 0.15) is 42.5 Å². The fourth-order valence-corrected chi connectivity index (χ4v) is 3.16. The molecule has 3 nitrogen and oxygen atoms in total. The zero-order valence-electron chi connectivity index (χ0n) is 14.3. The Labute approximate surface area is 148 Å². The van der Waals surface area contributed by atoms with E-state index in [1.165, 1.54) is 25.0 Å². The second-order valence-corrected chi connectivity index (χ2v) is 6.47. The number of rotatable bonds is 7. The molecule has 1 fully saturated rings. The van der Waals surface area contributed by atoms with E-state index in [1.807, 2.05) is 18.2 Å². The molecule has 0 unspecified atom stereocenters. The van der Waals surface area contributed by atoms with Crippen LogP contribution in [-0.4, -0.2) is 25.2 Å². The van der Waals surface area contributed by atoms with Crippen molar-refractivity contribution < 1.29 is 13.9 Å². The lowest BCUT2D eigenvalue weighted by Gasteiger charge is -2.09. The van der Waals surface area contributed by atoms with Crippen LogP contribution in [0.3, 0.4) is 0 Å². The van der Waals surface area contributed by atoms with Crippen LogP contribution >= 0.6 is 0 Å². The smallest absolute Gasteiger partial charge is 0.251 e. The minimum absolute atomic E-state index is 0.0668. The highest BCUT2D eigenvalue weighted by atomic mass is 19.1. The highest BCUT2D eigenvalue weighted by Crippen LogP contribution is 2.20. The third-order valence-corrected chi connectivity index (χ3v) is 4.57. The normalized spacial score (nSPS) is 16.8. The van der Waals surface area contributed by atoms with Crippen LogP contribution in [0.2, 0.25) is 0 Å². The Hall–Kier alpha value is -2.20. The predicted molar refractivity (Wildman–Crippen MR) is 97.0 cm³/mol. The summed E-state index contributed by atoms with van der Waals surface area (Å²) in [7, 11) is 0. The van der Waals surface area contributed by atoms with Gasteiger partial charge in [-0.2, -0.15) is 0 Å². The van der Waals surface area contributed by atoms with E-state index in [9.17, 15) is 9.18 Å². The monoisotopic (exact) mass is 341 g/mol. The molecule has 1 saturated heterocycles. The molecule has 1 aliphatic heterocycles. The van der Waals surface area contributed by atoms with Gasteiger partial charge < -0.3 is 10.1 Å². The highest BCUT2D eigenvalue weighted by Gasteiger charge is 2.14. The van der Waals surface area contributed by atoms with Crippen molar-refractivity contribution >= 4 is 5.91 Å². The van der Waals surface area contributed by atoms with Gasteiger partial charge in [0.1, 0.15) is 5.82 Å². The summed E-state index contributed by atoms with van der Waals surface area (Å²) < 4.78 is 18.9. The molecular formula is C21H24FNO2. The molecule has 1 atom stereocenters. The number of nitrogens with one attached hydrogen (secondary N) is 1. The Morgan fingerprint density at radius 1 is 1.12 bits per heavy atom. The molecule has 2 aromatic rings. The molecule has 1 heterocycles. The molecule has 0 spiro atoms. The zero-order valence-corrected chi connectivity index (χ0v) is 14.3. The number of hydrogen-bond donors (Lipinski definition) is 1. The van der Waals surface area contributed by atoms with Crippen molar-refractivity contribution in [3.05, 3.63) is 59.9 Å². The summed E-state index contributed by atoms with van der Waals surface area (Å²) in [4.78, 5) is 12.2. The number of hydrogen-bond acceptors (Lipinski definition) is 2. The van der Waals surface area contributed by atoms with Crippen molar-refractivity contribution in [2.24, 2.45) is 0 Å². The summed E-state index contributed by atoms with van der Waals surface area (Å²) >= 11 is 0. The Bertz CT molecular complexity index is 693. The fraction of sp³-hybridized carbons (Fsp3) is 0.381. The zero-order chi connectivity index (χ0) is 17.5. The van der Waals surface area contributed by atoms with Crippen molar-refractivity contribution in [3.8, 4) is 11.1 Å². The molecular weight excluding hydrogens is 317 g/mol. The van der Waals surface area contributed by atoms with Crippen LogP contribution in [0.25, 0.3) is 11.1 Å². The first-order valence-corrected chi connectivity index (χ1v) is 8.98. The third kappa shape index (κ3) is 5.13. The van der Waals surface area contributed by atoms with Crippen molar-refractivity contribution in [2.75, 3.05) is 13.2 Å². The van der Waals surface area contributed by atoms with E-state index in [0.717, 1.165) is 37.0 Å². The number of carbonyl (C=O) groups excluding carboxylic acids is 1. The average molecular weight is 341 g/mol. The summed E-state index contributed by atoms with van der Waals surface area (Å²) in [5.41, 5.74) is 2.33. The standard InChI is InChI=1S/C21H24FNO2/c22-19-6-3-5-18(15-19)16-9-11-17(12-10-16)21(24)23-13-2-1-7-20-8-4-14-25-20/h3,5-6,9-12,15,20H,1-2,4,7-8,13-14H2,(H,23,24)/t20-/m0/s1. The van der Waals surface area contributed by atoms with Crippen molar-refractivity contribution in [3.63, 3.8) is 0 Å². The summed E-state index contributed by atoms with van der Waals surface area (Å²) in [6, 6.07) is 13.7. The summed E-state index contributed by atoms with van der Waals surface area (Å²) in [5, 5.41) is 2.95. The maximum Gasteiger partial charge on any atom is 0.251 e. The first-order chi connectivity index (χ1) is 12.2. The van der Waals surface area contributed by atoms with Gasteiger partial charge in [0, 0.05) is 18.7 Å². The Morgan fingerprint density at radius 2 is 1.96 bits per heavy atom. The van der Waals surface area contributed by atoms with Gasteiger partial charge in [-0.05, 0) is 67.5 Å². The maximum atomic E-state index is 13.3. The average Bonchev–Trinajstić information content (AvgIpc) is 3.15. The number of benzene rings is 2. The summed E-state index contributed by atoms with van der Waals surface area (Å²) in [6.07, 6.45) is 5.89. The number of unbranched alkanes of at least 4 members (excludes halogenated alkanes) is 1. The molecule has 2 aromatic carbocycles. The summed E-state index contributed by atoms with van der Waals surface area (Å²) in [6.45, 7) is 1.57. The molecule has 0 aromatic heterocycles. The van der Waals surface area contributed by atoms with Crippen molar-refractivity contribution in [1.82, 2.24) is 5.32 Å². The van der Waals surface area contributed by atoms with E-state index >= 15 is 0 Å². The first-order valence-electron chi connectivity index (χ1n) is 8.98. The first kappa shape index (κ1) is 17.6.